The number of aliphatic carboxylic acids is 1. The average molecular weight is 249 g/mol. The molecule has 1 aromatic rings. The molecule has 0 fully saturated rings. The van der Waals surface area contributed by atoms with E-state index < -0.39 is 5.97 Å². The Morgan fingerprint density at radius 3 is 2.61 bits per heavy atom. The summed E-state index contributed by atoms with van der Waals surface area (Å²) in [5, 5.41) is 11.4. The van der Waals surface area contributed by atoms with Gasteiger partial charge in [0.1, 0.15) is 0 Å². The molecule has 0 saturated carbocycles. The minimum atomic E-state index is -0.844. The van der Waals surface area contributed by atoms with Crippen LogP contribution in [0.15, 0.2) is 18.2 Å². The van der Waals surface area contributed by atoms with Crippen LogP contribution in [0, 0.1) is 19.8 Å². The summed E-state index contributed by atoms with van der Waals surface area (Å²) in [7, 11) is 0. The monoisotopic (exact) mass is 249 g/mol. The lowest BCUT2D eigenvalue weighted by atomic mass is 10.0. The molecule has 0 aliphatic heterocycles. The fourth-order valence-corrected chi connectivity index (χ4v) is 1.73. The first-order valence-corrected chi connectivity index (χ1v) is 5.98. The Bertz CT molecular complexity index is 454. The van der Waals surface area contributed by atoms with Crippen LogP contribution in [-0.2, 0) is 4.79 Å². The molecule has 1 atom stereocenters. The maximum Gasteiger partial charge on any atom is 0.303 e. The Labute approximate surface area is 107 Å². The van der Waals surface area contributed by atoms with Gasteiger partial charge in [-0.1, -0.05) is 19.1 Å². The number of nitrogens with one attached hydrogen (secondary N) is 1. The number of benzene rings is 1. The summed E-state index contributed by atoms with van der Waals surface area (Å²) in [4.78, 5) is 22.5. The number of carboxylic acid groups (broad SMARTS) is 1. The van der Waals surface area contributed by atoms with E-state index >= 15 is 0 Å². The minimum Gasteiger partial charge on any atom is -0.481 e. The second kappa shape index (κ2) is 6.19. The van der Waals surface area contributed by atoms with Crippen molar-refractivity contribution in [2.75, 3.05) is 6.54 Å². The van der Waals surface area contributed by atoms with Crippen molar-refractivity contribution in [2.24, 2.45) is 5.92 Å². The predicted molar refractivity (Wildman–Crippen MR) is 69.7 cm³/mol. The van der Waals surface area contributed by atoms with Crippen molar-refractivity contribution in [1.29, 1.82) is 0 Å². The fraction of sp³-hybridized carbons (Fsp3) is 0.429. The summed E-state index contributed by atoms with van der Waals surface area (Å²) in [5.74, 6) is -1.06. The summed E-state index contributed by atoms with van der Waals surface area (Å²) < 4.78 is 0. The van der Waals surface area contributed by atoms with Gasteiger partial charge in [0.25, 0.3) is 5.91 Å². The van der Waals surface area contributed by atoms with Crippen LogP contribution in [0.3, 0.4) is 0 Å². The molecule has 0 aliphatic carbocycles. The molecule has 1 aromatic carbocycles. The van der Waals surface area contributed by atoms with Gasteiger partial charge in [0.05, 0.1) is 0 Å². The number of hydrogen-bond donors (Lipinski definition) is 2. The number of carbonyl (C=O) groups is 2. The van der Waals surface area contributed by atoms with Gasteiger partial charge < -0.3 is 10.4 Å². The van der Waals surface area contributed by atoms with Gasteiger partial charge in [-0.3, -0.25) is 9.59 Å². The highest BCUT2D eigenvalue weighted by Crippen LogP contribution is 2.12. The number of carboxylic acids is 1. The summed E-state index contributed by atoms with van der Waals surface area (Å²) >= 11 is 0. The minimum absolute atomic E-state index is 0.0626. The van der Waals surface area contributed by atoms with Crippen LogP contribution in [0.1, 0.15) is 34.8 Å². The Morgan fingerprint density at radius 1 is 1.33 bits per heavy atom. The molecule has 0 heterocycles. The Morgan fingerprint density at radius 2 is 2.00 bits per heavy atom. The SMILES string of the molecule is Cc1cccc(C(=O)NCC(C)CC(=O)O)c1C. The van der Waals surface area contributed by atoms with Gasteiger partial charge in [0.15, 0.2) is 0 Å². The van der Waals surface area contributed by atoms with Crippen LogP contribution >= 0.6 is 0 Å². The molecule has 18 heavy (non-hydrogen) atoms. The summed E-state index contributed by atoms with van der Waals surface area (Å²) in [6, 6.07) is 5.58. The van der Waals surface area contributed by atoms with E-state index in [1.165, 1.54) is 0 Å². The smallest absolute Gasteiger partial charge is 0.303 e. The Balaban J connectivity index is 2.61. The van der Waals surface area contributed by atoms with Crippen LogP contribution in [-0.4, -0.2) is 23.5 Å². The average Bonchev–Trinajstić information content (AvgIpc) is 2.29. The molecular formula is C14H19NO3. The third-order valence-electron chi connectivity index (χ3n) is 2.98. The van der Waals surface area contributed by atoms with Crippen LogP contribution in [0.5, 0.6) is 0 Å². The lowest BCUT2D eigenvalue weighted by Crippen LogP contribution is -2.29. The third kappa shape index (κ3) is 3.87. The first-order chi connectivity index (χ1) is 8.41. The van der Waals surface area contributed by atoms with E-state index in [0.717, 1.165) is 11.1 Å². The van der Waals surface area contributed by atoms with Crippen LogP contribution < -0.4 is 5.32 Å². The van der Waals surface area contributed by atoms with Crippen molar-refractivity contribution >= 4 is 11.9 Å². The maximum absolute atomic E-state index is 11.9. The molecule has 0 spiro atoms. The van der Waals surface area contributed by atoms with E-state index in [1.807, 2.05) is 26.0 Å². The number of carbonyl (C=O) groups excluding carboxylic acids is 1. The molecule has 0 aliphatic rings. The number of rotatable bonds is 5. The maximum atomic E-state index is 11.9. The van der Waals surface area contributed by atoms with Gasteiger partial charge in [-0.15, -0.1) is 0 Å². The van der Waals surface area contributed by atoms with Gasteiger partial charge in [-0.25, -0.2) is 0 Å². The predicted octanol–water partition coefficient (Wildman–Crippen LogP) is 2.14. The molecule has 0 saturated heterocycles. The second-order valence-corrected chi connectivity index (χ2v) is 4.66. The van der Waals surface area contributed by atoms with Crippen molar-refractivity contribution < 1.29 is 14.7 Å². The summed E-state index contributed by atoms with van der Waals surface area (Å²) in [6.07, 6.45) is 0.0626. The highest BCUT2D eigenvalue weighted by Gasteiger charge is 2.12. The van der Waals surface area contributed by atoms with E-state index in [2.05, 4.69) is 5.32 Å². The molecule has 98 valence electrons. The topological polar surface area (TPSA) is 66.4 Å². The van der Waals surface area contributed by atoms with E-state index in [9.17, 15) is 9.59 Å². The van der Waals surface area contributed by atoms with Crippen molar-refractivity contribution in [2.45, 2.75) is 27.2 Å². The Hall–Kier alpha value is -1.84. The molecular weight excluding hydrogens is 230 g/mol. The largest absolute Gasteiger partial charge is 0.481 e. The van der Waals surface area contributed by atoms with Gasteiger partial charge in [-0.05, 0) is 37.0 Å². The van der Waals surface area contributed by atoms with Gasteiger partial charge >= 0.3 is 5.97 Å². The lowest BCUT2D eigenvalue weighted by molar-refractivity contribution is -0.137. The van der Waals surface area contributed by atoms with E-state index in [0.29, 0.717) is 12.1 Å². The zero-order valence-electron chi connectivity index (χ0n) is 11.0. The number of aryl methyl sites for hydroxylation is 1. The van der Waals surface area contributed by atoms with E-state index in [-0.39, 0.29) is 18.2 Å². The number of hydrogen-bond acceptors (Lipinski definition) is 2. The van der Waals surface area contributed by atoms with Crippen LogP contribution in [0.25, 0.3) is 0 Å². The molecule has 0 aromatic heterocycles. The highest BCUT2D eigenvalue weighted by molar-refractivity contribution is 5.95. The fourth-order valence-electron chi connectivity index (χ4n) is 1.73. The zero-order chi connectivity index (χ0) is 13.7. The molecule has 2 N–H and O–H groups in total. The molecule has 1 unspecified atom stereocenters. The van der Waals surface area contributed by atoms with E-state index in [4.69, 9.17) is 5.11 Å². The first kappa shape index (κ1) is 14.2. The second-order valence-electron chi connectivity index (χ2n) is 4.66. The highest BCUT2D eigenvalue weighted by atomic mass is 16.4. The molecule has 4 nitrogen and oxygen atoms in total. The van der Waals surface area contributed by atoms with Crippen molar-refractivity contribution in [3.05, 3.63) is 34.9 Å². The zero-order valence-corrected chi connectivity index (χ0v) is 11.0. The van der Waals surface area contributed by atoms with Crippen LogP contribution in [0.2, 0.25) is 0 Å². The van der Waals surface area contributed by atoms with Crippen molar-refractivity contribution in [3.8, 4) is 0 Å². The summed E-state index contributed by atoms with van der Waals surface area (Å²) in [6.45, 7) is 6.04. The van der Waals surface area contributed by atoms with Gasteiger partial charge in [0.2, 0.25) is 0 Å². The van der Waals surface area contributed by atoms with Gasteiger partial charge in [-0.2, -0.15) is 0 Å². The lowest BCUT2D eigenvalue weighted by Gasteiger charge is -2.12. The summed E-state index contributed by atoms with van der Waals surface area (Å²) in [5.41, 5.74) is 2.68. The van der Waals surface area contributed by atoms with E-state index in [1.54, 1.807) is 13.0 Å². The normalized spacial score (nSPS) is 11.9. The molecule has 1 rings (SSSR count). The number of amides is 1. The Kier molecular flexibility index (Phi) is 4.89. The molecule has 1 amide bonds. The standard InChI is InChI=1S/C14H19NO3/c1-9(7-13(16)17)8-15-14(18)12-6-4-5-10(2)11(12)3/h4-6,9H,7-8H2,1-3H3,(H,15,18)(H,16,17). The van der Waals surface area contributed by atoms with Crippen LogP contribution in [0.4, 0.5) is 0 Å². The molecule has 0 radical (unpaired) electrons. The van der Waals surface area contributed by atoms with Crippen molar-refractivity contribution in [3.63, 3.8) is 0 Å². The molecule has 0 bridgehead atoms. The first-order valence-electron chi connectivity index (χ1n) is 5.98. The quantitative estimate of drug-likeness (QED) is 0.840. The van der Waals surface area contributed by atoms with Gasteiger partial charge in [0, 0.05) is 18.5 Å². The van der Waals surface area contributed by atoms with Crippen molar-refractivity contribution in [1.82, 2.24) is 5.32 Å². The third-order valence-corrected chi connectivity index (χ3v) is 2.98. The molecule has 4 heteroatoms.